The highest BCUT2D eigenvalue weighted by Crippen LogP contribution is 2.28. The van der Waals surface area contributed by atoms with Crippen LogP contribution in [0.3, 0.4) is 0 Å². The Morgan fingerprint density at radius 2 is 1.79 bits per heavy atom. The normalized spacial score (nSPS) is 12.4. The summed E-state index contributed by atoms with van der Waals surface area (Å²) in [5.74, 6) is -0.0733. The minimum absolute atomic E-state index is 0.249. The summed E-state index contributed by atoms with van der Waals surface area (Å²) in [5, 5.41) is 1.04. The molecule has 4 N–H and O–H groups in total. The number of nitrogen functional groups attached to an aromatic ring is 1. The summed E-state index contributed by atoms with van der Waals surface area (Å²) in [6.45, 7) is 0.796. The van der Waals surface area contributed by atoms with Crippen molar-refractivity contribution >= 4 is 33.7 Å². The van der Waals surface area contributed by atoms with Crippen molar-refractivity contribution in [3.05, 3.63) is 66.5 Å². The zero-order valence-corrected chi connectivity index (χ0v) is 15.6. The van der Waals surface area contributed by atoms with Crippen molar-refractivity contribution in [2.45, 2.75) is 31.7 Å². The van der Waals surface area contributed by atoms with Gasteiger partial charge in [0.2, 0.25) is 5.91 Å². The Balaban J connectivity index is 1.50. The van der Waals surface area contributed by atoms with E-state index in [1.807, 2.05) is 60.9 Å². The molecule has 4 rings (SSSR count). The maximum absolute atomic E-state index is 11.9. The van der Waals surface area contributed by atoms with Gasteiger partial charge in [0.1, 0.15) is 5.52 Å². The standard InChI is InChI=1S/C22H23N5O/c23-21-19-20(17-11-4-5-12-18(17)26-21)27(14-25-19)13-7-6-10-16(22(24)28)15-8-2-1-3-9-15/h1-5,8-9,11-12,14,16H,6-7,10,13H2,(H2,23,26)(H2,24,28). The number of aryl methyl sites for hydroxylation is 1. The number of nitrogens with zero attached hydrogens (tertiary/aromatic N) is 3. The third-order valence-electron chi connectivity index (χ3n) is 5.17. The quantitative estimate of drug-likeness (QED) is 0.483. The topological polar surface area (TPSA) is 99.8 Å². The molecule has 1 amide bonds. The highest BCUT2D eigenvalue weighted by Gasteiger charge is 2.17. The monoisotopic (exact) mass is 373 g/mol. The summed E-state index contributed by atoms with van der Waals surface area (Å²) < 4.78 is 2.12. The predicted octanol–water partition coefficient (Wildman–Crippen LogP) is 3.61. The second-order valence-electron chi connectivity index (χ2n) is 7.01. The molecular formula is C22H23N5O. The van der Waals surface area contributed by atoms with E-state index in [-0.39, 0.29) is 11.8 Å². The van der Waals surface area contributed by atoms with Crippen LogP contribution < -0.4 is 11.5 Å². The first-order valence-electron chi connectivity index (χ1n) is 9.48. The number of pyridine rings is 1. The van der Waals surface area contributed by atoms with Gasteiger partial charge in [-0.25, -0.2) is 9.97 Å². The van der Waals surface area contributed by atoms with Gasteiger partial charge in [-0.2, -0.15) is 0 Å². The van der Waals surface area contributed by atoms with Crippen LogP contribution in [0.1, 0.15) is 30.7 Å². The first-order chi connectivity index (χ1) is 13.6. The molecule has 1 atom stereocenters. The number of imidazole rings is 1. The van der Waals surface area contributed by atoms with Crippen molar-refractivity contribution in [1.29, 1.82) is 0 Å². The van der Waals surface area contributed by atoms with Crippen molar-refractivity contribution in [3.8, 4) is 0 Å². The van der Waals surface area contributed by atoms with Gasteiger partial charge < -0.3 is 16.0 Å². The number of fused-ring (bicyclic) bond motifs is 3. The van der Waals surface area contributed by atoms with Crippen molar-refractivity contribution in [2.24, 2.45) is 5.73 Å². The number of nitrogens with two attached hydrogens (primary N) is 2. The molecule has 0 fully saturated rings. The zero-order chi connectivity index (χ0) is 19.5. The summed E-state index contributed by atoms with van der Waals surface area (Å²) in [6, 6.07) is 17.7. The number of unbranched alkanes of at least 4 members (excludes halogenated alkanes) is 1. The molecule has 0 radical (unpaired) electrons. The molecule has 0 aliphatic heterocycles. The minimum atomic E-state index is -0.274. The Hall–Kier alpha value is -3.41. The number of rotatable bonds is 7. The molecule has 6 heteroatoms. The van der Waals surface area contributed by atoms with E-state index in [9.17, 15) is 4.79 Å². The Bertz CT molecular complexity index is 1120. The molecular weight excluding hydrogens is 350 g/mol. The van der Waals surface area contributed by atoms with Gasteiger partial charge in [0.05, 0.1) is 23.3 Å². The number of primary amides is 1. The van der Waals surface area contributed by atoms with Crippen LogP contribution in [-0.4, -0.2) is 20.4 Å². The van der Waals surface area contributed by atoms with Crippen molar-refractivity contribution in [2.75, 3.05) is 5.73 Å². The van der Waals surface area contributed by atoms with E-state index >= 15 is 0 Å². The van der Waals surface area contributed by atoms with Gasteiger partial charge in [-0.3, -0.25) is 4.79 Å². The summed E-state index contributed by atoms with van der Waals surface area (Å²) in [5.41, 5.74) is 15.3. The smallest absolute Gasteiger partial charge is 0.224 e. The van der Waals surface area contributed by atoms with E-state index < -0.39 is 0 Å². The fourth-order valence-corrected chi connectivity index (χ4v) is 3.76. The Labute approximate surface area is 163 Å². The van der Waals surface area contributed by atoms with Gasteiger partial charge in [-0.1, -0.05) is 55.0 Å². The number of hydrogen-bond donors (Lipinski definition) is 2. The molecule has 0 aliphatic carbocycles. The molecule has 142 valence electrons. The van der Waals surface area contributed by atoms with E-state index in [1.165, 1.54) is 0 Å². The summed E-state index contributed by atoms with van der Waals surface area (Å²) in [4.78, 5) is 20.8. The largest absolute Gasteiger partial charge is 0.382 e. The van der Waals surface area contributed by atoms with Crippen LogP contribution >= 0.6 is 0 Å². The second-order valence-corrected chi connectivity index (χ2v) is 7.01. The third kappa shape index (κ3) is 3.41. The minimum Gasteiger partial charge on any atom is -0.382 e. The molecule has 2 heterocycles. The van der Waals surface area contributed by atoms with Crippen LogP contribution in [0, 0.1) is 0 Å². The molecule has 1 unspecified atom stereocenters. The van der Waals surface area contributed by atoms with Crippen LogP contribution in [0.2, 0.25) is 0 Å². The van der Waals surface area contributed by atoms with Crippen LogP contribution in [0.4, 0.5) is 5.82 Å². The Kier molecular flexibility index (Phi) is 4.93. The second kappa shape index (κ2) is 7.68. The molecule has 4 aromatic rings. The number of carbonyl (C=O) groups is 1. The predicted molar refractivity (Wildman–Crippen MR) is 112 cm³/mol. The molecule has 2 aromatic heterocycles. The van der Waals surface area contributed by atoms with E-state index in [4.69, 9.17) is 11.5 Å². The van der Waals surface area contributed by atoms with Crippen LogP contribution in [0.25, 0.3) is 21.9 Å². The number of anilines is 1. The van der Waals surface area contributed by atoms with Gasteiger partial charge in [0.25, 0.3) is 0 Å². The zero-order valence-electron chi connectivity index (χ0n) is 15.6. The average molecular weight is 373 g/mol. The van der Waals surface area contributed by atoms with Gasteiger partial charge in [-0.05, 0) is 24.5 Å². The molecule has 0 spiro atoms. The van der Waals surface area contributed by atoms with Gasteiger partial charge in [0.15, 0.2) is 5.82 Å². The van der Waals surface area contributed by atoms with Crippen molar-refractivity contribution in [3.63, 3.8) is 0 Å². The van der Waals surface area contributed by atoms with Crippen molar-refractivity contribution in [1.82, 2.24) is 14.5 Å². The molecule has 6 nitrogen and oxygen atoms in total. The summed E-state index contributed by atoms with van der Waals surface area (Å²) in [7, 11) is 0. The Morgan fingerprint density at radius 3 is 2.57 bits per heavy atom. The highest BCUT2D eigenvalue weighted by molar-refractivity contribution is 6.06. The SMILES string of the molecule is NC(=O)C(CCCCn1cnc2c(N)nc3ccccc3c21)c1ccccc1. The number of benzene rings is 2. The Morgan fingerprint density at radius 1 is 1.04 bits per heavy atom. The molecule has 2 aromatic carbocycles. The maximum Gasteiger partial charge on any atom is 0.224 e. The first-order valence-corrected chi connectivity index (χ1v) is 9.48. The molecule has 0 aliphatic rings. The van der Waals surface area contributed by atoms with Gasteiger partial charge in [0, 0.05) is 11.9 Å². The van der Waals surface area contributed by atoms with E-state index in [0.717, 1.165) is 53.3 Å². The number of carbonyl (C=O) groups excluding carboxylic acids is 1. The third-order valence-corrected chi connectivity index (χ3v) is 5.17. The van der Waals surface area contributed by atoms with Crippen LogP contribution in [0.5, 0.6) is 0 Å². The van der Waals surface area contributed by atoms with E-state index in [0.29, 0.717) is 5.82 Å². The number of amides is 1. The lowest BCUT2D eigenvalue weighted by Crippen LogP contribution is -2.21. The maximum atomic E-state index is 11.9. The van der Waals surface area contributed by atoms with E-state index in [2.05, 4.69) is 14.5 Å². The molecule has 28 heavy (non-hydrogen) atoms. The number of hydrogen-bond acceptors (Lipinski definition) is 4. The van der Waals surface area contributed by atoms with E-state index in [1.54, 1.807) is 0 Å². The summed E-state index contributed by atoms with van der Waals surface area (Å²) in [6.07, 6.45) is 4.35. The number of para-hydroxylation sites is 1. The fourth-order valence-electron chi connectivity index (χ4n) is 3.76. The molecule has 0 saturated carbocycles. The summed E-state index contributed by atoms with van der Waals surface area (Å²) >= 11 is 0. The fraction of sp³-hybridized carbons (Fsp3) is 0.227. The lowest BCUT2D eigenvalue weighted by molar-refractivity contribution is -0.119. The average Bonchev–Trinajstić information content (AvgIpc) is 3.13. The van der Waals surface area contributed by atoms with Crippen molar-refractivity contribution < 1.29 is 4.79 Å². The molecule has 0 saturated heterocycles. The van der Waals surface area contributed by atoms with Gasteiger partial charge in [-0.15, -0.1) is 0 Å². The van der Waals surface area contributed by atoms with Crippen LogP contribution in [-0.2, 0) is 11.3 Å². The van der Waals surface area contributed by atoms with Gasteiger partial charge >= 0.3 is 0 Å². The molecule has 0 bridgehead atoms. The highest BCUT2D eigenvalue weighted by atomic mass is 16.1. The lowest BCUT2D eigenvalue weighted by atomic mass is 9.93. The lowest BCUT2D eigenvalue weighted by Gasteiger charge is -2.14. The first kappa shape index (κ1) is 18.0. The number of aromatic nitrogens is 3. The van der Waals surface area contributed by atoms with Crippen LogP contribution in [0.15, 0.2) is 60.9 Å².